The van der Waals surface area contributed by atoms with Crippen molar-refractivity contribution in [2.24, 2.45) is 0 Å². The molecule has 0 saturated heterocycles. The monoisotopic (exact) mass is 463 g/mol. The number of nitrogens with one attached hydrogen (secondary N) is 2. The molecule has 4 aromatic rings. The van der Waals surface area contributed by atoms with Crippen molar-refractivity contribution in [2.45, 2.75) is 31.9 Å². The lowest BCUT2D eigenvalue weighted by atomic mass is 10.2. The first kappa shape index (κ1) is 21.0. The fourth-order valence-electron chi connectivity index (χ4n) is 3.49. The van der Waals surface area contributed by atoms with Crippen molar-refractivity contribution in [3.8, 4) is 0 Å². The standard InChI is InChI=1S/C23H22ClN7O2/c24-17-4-5-19(25)16(7-17)12-33-23(32)30-21-8-20(27-13-28-21)26-9-18-11-31-10-15(14-1-2-14)3-6-22(31)29-18/h3-8,10-11,13-14H,1-2,9,12,25H2,(H2,26,27,28,30,32). The molecule has 0 aliphatic heterocycles. The maximum absolute atomic E-state index is 12.2. The van der Waals surface area contributed by atoms with E-state index in [1.807, 2.05) is 12.3 Å². The lowest BCUT2D eigenvalue weighted by Gasteiger charge is -2.09. The number of rotatable bonds is 7. The van der Waals surface area contributed by atoms with Crippen LogP contribution in [0, 0.1) is 0 Å². The highest BCUT2D eigenvalue weighted by atomic mass is 35.5. The summed E-state index contributed by atoms with van der Waals surface area (Å²) >= 11 is 5.96. The van der Waals surface area contributed by atoms with Gasteiger partial charge >= 0.3 is 6.09 Å². The van der Waals surface area contributed by atoms with Crippen LogP contribution in [-0.4, -0.2) is 25.4 Å². The summed E-state index contributed by atoms with van der Waals surface area (Å²) in [5.74, 6) is 1.55. The van der Waals surface area contributed by atoms with Crippen molar-refractivity contribution in [3.63, 3.8) is 0 Å². The van der Waals surface area contributed by atoms with E-state index in [1.165, 1.54) is 24.7 Å². The molecule has 0 unspecified atom stereocenters. The number of amides is 1. The van der Waals surface area contributed by atoms with Crippen LogP contribution in [0.15, 0.2) is 55.1 Å². The number of nitrogen functional groups attached to an aromatic ring is 1. The second kappa shape index (κ2) is 8.95. The van der Waals surface area contributed by atoms with Crippen molar-refractivity contribution in [1.29, 1.82) is 0 Å². The fourth-order valence-corrected chi connectivity index (χ4v) is 3.69. The van der Waals surface area contributed by atoms with Crippen LogP contribution in [0.5, 0.6) is 0 Å². The molecular weight excluding hydrogens is 442 g/mol. The van der Waals surface area contributed by atoms with Gasteiger partial charge in [0.25, 0.3) is 0 Å². The third kappa shape index (κ3) is 5.15. The molecule has 168 valence electrons. The van der Waals surface area contributed by atoms with Crippen LogP contribution in [0.25, 0.3) is 5.65 Å². The molecule has 1 fully saturated rings. The lowest BCUT2D eigenvalue weighted by molar-refractivity contribution is 0.155. The maximum atomic E-state index is 12.2. The first-order valence-electron chi connectivity index (χ1n) is 10.5. The van der Waals surface area contributed by atoms with Gasteiger partial charge in [-0.25, -0.2) is 19.7 Å². The minimum Gasteiger partial charge on any atom is -0.444 e. The van der Waals surface area contributed by atoms with Gasteiger partial charge in [0.05, 0.1) is 12.2 Å². The lowest BCUT2D eigenvalue weighted by Crippen LogP contribution is -2.15. The number of benzene rings is 1. The van der Waals surface area contributed by atoms with E-state index >= 15 is 0 Å². The number of carbonyl (C=O) groups excluding carboxylic acids is 1. The van der Waals surface area contributed by atoms with Gasteiger partial charge in [0.15, 0.2) is 0 Å². The van der Waals surface area contributed by atoms with E-state index in [0.717, 1.165) is 11.3 Å². The number of nitrogens with zero attached hydrogens (tertiary/aromatic N) is 4. The van der Waals surface area contributed by atoms with Gasteiger partial charge in [0, 0.05) is 34.7 Å². The van der Waals surface area contributed by atoms with Crippen molar-refractivity contribution < 1.29 is 9.53 Å². The van der Waals surface area contributed by atoms with Gasteiger partial charge in [-0.3, -0.25) is 5.32 Å². The number of carbonyl (C=O) groups is 1. The summed E-state index contributed by atoms with van der Waals surface area (Å²) in [6.45, 7) is 0.472. The molecule has 0 atom stereocenters. The number of hydrogen-bond acceptors (Lipinski definition) is 7. The highest BCUT2D eigenvalue weighted by Gasteiger charge is 2.23. The normalized spacial score (nSPS) is 13.1. The van der Waals surface area contributed by atoms with E-state index in [1.54, 1.807) is 24.3 Å². The van der Waals surface area contributed by atoms with Crippen molar-refractivity contribution >= 4 is 40.7 Å². The average molecular weight is 464 g/mol. The molecule has 1 amide bonds. The second-order valence-corrected chi connectivity index (χ2v) is 8.36. The summed E-state index contributed by atoms with van der Waals surface area (Å²) in [5.41, 5.74) is 10.1. The second-order valence-electron chi connectivity index (χ2n) is 7.92. The van der Waals surface area contributed by atoms with Gasteiger partial charge in [-0.05, 0) is 48.6 Å². The average Bonchev–Trinajstić information content (AvgIpc) is 3.58. The van der Waals surface area contributed by atoms with Crippen LogP contribution >= 0.6 is 11.6 Å². The molecule has 9 nitrogen and oxygen atoms in total. The Morgan fingerprint density at radius 1 is 1.15 bits per heavy atom. The largest absolute Gasteiger partial charge is 0.444 e. The number of pyridine rings is 1. The Balaban J connectivity index is 1.17. The molecule has 1 aliphatic carbocycles. The van der Waals surface area contributed by atoms with Gasteiger partial charge in [0.2, 0.25) is 0 Å². The molecule has 3 heterocycles. The number of anilines is 3. The third-order valence-electron chi connectivity index (χ3n) is 5.38. The van der Waals surface area contributed by atoms with Crippen molar-refractivity contribution in [2.75, 3.05) is 16.4 Å². The predicted molar refractivity (Wildman–Crippen MR) is 126 cm³/mol. The predicted octanol–water partition coefficient (Wildman–Crippen LogP) is 4.60. The van der Waals surface area contributed by atoms with Gasteiger partial charge < -0.3 is 20.2 Å². The summed E-state index contributed by atoms with van der Waals surface area (Å²) in [4.78, 5) is 25.0. The minimum absolute atomic E-state index is 0.00916. The molecule has 10 heteroatoms. The Hall–Kier alpha value is -3.85. The topological polar surface area (TPSA) is 119 Å². The zero-order valence-corrected chi connectivity index (χ0v) is 18.4. The van der Waals surface area contributed by atoms with E-state index in [-0.39, 0.29) is 6.61 Å². The molecule has 33 heavy (non-hydrogen) atoms. The van der Waals surface area contributed by atoms with Crippen LogP contribution in [0.2, 0.25) is 5.02 Å². The maximum Gasteiger partial charge on any atom is 0.413 e. The first-order chi connectivity index (χ1) is 16.0. The molecule has 0 bridgehead atoms. The summed E-state index contributed by atoms with van der Waals surface area (Å²) < 4.78 is 7.28. The van der Waals surface area contributed by atoms with Crippen LogP contribution < -0.4 is 16.4 Å². The quantitative estimate of drug-likeness (QED) is 0.342. The molecule has 1 aromatic carbocycles. The zero-order valence-electron chi connectivity index (χ0n) is 17.7. The molecule has 0 spiro atoms. The highest BCUT2D eigenvalue weighted by Crippen LogP contribution is 2.39. The van der Waals surface area contributed by atoms with Gasteiger partial charge in [0.1, 0.15) is 30.2 Å². The molecule has 3 aromatic heterocycles. The third-order valence-corrected chi connectivity index (χ3v) is 5.62. The van der Waals surface area contributed by atoms with Gasteiger partial charge in [-0.15, -0.1) is 0 Å². The molecule has 5 rings (SSSR count). The Morgan fingerprint density at radius 2 is 2.00 bits per heavy atom. The number of ether oxygens (including phenoxy) is 1. The Kier molecular flexibility index (Phi) is 5.70. The van der Waals surface area contributed by atoms with Crippen molar-refractivity contribution in [1.82, 2.24) is 19.4 Å². The van der Waals surface area contributed by atoms with Crippen molar-refractivity contribution in [3.05, 3.63) is 77.0 Å². The molecular formula is C23H22ClN7O2. The number of nitrogens with two attached hydrogens (primary N) is 1. The summed E-state index contributed by atoms with van der Waals surface area (Å²) in [7, 11) is 0. The van der Waals surface area contributed by atoms with Crippen LogP contribution in [0.3, 0.4) is 0 Å². The van der Waals surface area contributed by atoms with Crippen LogP contribution in [-0.2, 0) is 17.9 Å². The molecule has 1 saturated carbocycles. The summed E-state index contributed by atoms with van der Waals surface area (Å²) in [6, 6.07) is 10.8. The summed E-state index contributed by atoms with van der Waals surface area (Å²) in [6.07, 6.45) is 7.39. The molecule has 4 N–H and O–H groups in total. The number of imidazole rings is 1. The molecule has 1 aliphatic rings. The Bertz CT molecular complexity index is 1320. The molecule has 0 radical (unpaired) electrons. The van der Waals surface area contributed by atoms with Crippen LogP contribution in [0.1, 0.15) is 35.6 Å². The Morgan fingerprint density at radius 3 is 2.85 bits per heavy atom. The van der Waals surface area contributed by atoms with E-state index in [9.17, 15) is 4.79 Å². The first-order valence-corrected chi connectivity index (χ1v) is 10.9. The number of hydrogen-bond donors (Lipinski definition) is 3. The Labute approximate surface area is 195 Å². The van der Waals surface area contributed by atoms with Gasteiger partial charge in [-0.2, -0.15) is 0 Å². The van der Waals surface area contributed by atoms with E-state index < -0.39 is 6.09 Å². The van der Waals surface area contributed by atoms with Crippen LogP contribution in [0.4, 0.5) is 22.1 Å². The van der Waals surface area contributed by atoms with E-state index in [4.69, 9.17) is 22.1 Å². The number of halogens is 1. The zero-order chi connectivity index (χ0) is 22.8. The highest BCUT2D eigenvalue weighted by molar-refractivity contribution is 6.30. The number of aromatic nitrogens is 4. The number of fused-ring (bicyclic) bond motifs is 1. The smallest absolute Gasteiger partial charge is 0.413 e. The van der Waals surface area contributed by atoms with E-state index in [2.05, 4.69) is 42.2 Å². The van der Waals surface area contributed by atoms with E-state index in [0.29, 0.717) is 40.4 Å². The van der Waals surface area contributed by atoms with Gasteiger partial charge in [-0.1, -0.05) is 17.7 Å². The minimum atomic E-state index is -0.661. The SMILES string of the molecule is Nc1ccc(Cl)cc1COC(=O)Nc1cc(NCc2cn3cc(C4CC4)ccc3n2)ncn1. The summed E-state index contributed by atoms with van der Waals surface area (Å²) in [5, 5.41) is 6.31. The fraction of sp³-hybridized carbons (Fsp3) is 0.217.